The van der Waals surface area contributed by atoms with E-state index < -0.39 is 0 Å². The van der Waals surface area contributed by atoms with Gasteiger partial charge in [-0.15, -0.1) is 0 Å². The number of nitrogen functional groups attached to an aromatic ring is 1. The van der Waals surface area contributed by atoms with Crippen molar-refractivity contribution < 1.29 is 9.26 Å². The Morgan fingerprint density at radius 1 is 1.19 bits per heavy atom. The van der Waals surface area contributed by atoms with Gasteiger partial charge in [0.2, 0.25) is 5.82 Å². The van der Waals surface area contributed by atoms with Crippen LogP contribution in [0.3, 0.4) is 0 Å². The largest absolute Gasteiger partial charge is 0.497 e. The van der Waals surface area contributed by atoms with Crippen molar-refractivity contribution in [2.24, 2.45) is 0 Å². The van der Waals surface area contributed by atoms with Crippen LogP contribution >= 0.6 is 15.9 Å². The van der Waals surface area contributed by atoms with Crippen LogP contribution in [-0.4, -0.2) is 17.3 Å². The molecule has 0 fully saturated rings. The minimum absolute atomic E-state index is 0.409. The van der Waals surface area contributed by atoms with Gasteiger partial charge in [0.1, 0.15) is 5.75 Å². The summed E-state index contributed by atoms with van der Waals surface area (Å²) in [6, 6.07) is 12.9. The van der Waals surface area contributed by atoms with Gasteiger partial charge in [0.15, 0.2) is 0 Å². The Morgan fingerprint density at radius 3 is 2.86 bits per heavy atom. The van der Waals surface area contributed by atoms with Crippen LogP contribution in [0.1, 0.15) is 0 Å². The molecule has 0 atom stereocenters. The summed E-state index contributed by atoms with van der Waals surface area (Å²) in [5.74, 6) is 1.65. The fraction of sp³-hybridized carbons (Fsp3) is 0.0667. The third-order valence-corrected chi connectivity index (χ3v) is 3.67. The molecule has 2 aromatic carbocycles. The molecule has 0 radical (unpaired) electrons. The smallest absolute Gasteiger partial charge is 0.259 e. The first-order chi connectivity index (χ1) is 10.2. The van der Waals surface area contributed by atoms with E-state index in [1.165, 1.54) is 0 Å². The molecule has 106 valence electrons. The van der Waals surface area contributed by atoms with Gasteiger partial charge in [-0.25, -0.2) is 0 Å². The van der Waals surface area contributed by atoms with Crippen molar-refractivity contribution in [2.45, 2.75) is 0 Å². The molecule has 21 heavy (non-hydrogen) atoms. The first-order valence-corrected chi connectivity index (χ1v) is 7.00. The van der Waals surface area contributed by atoms with Crippen molar-refractivity contribution in [1.29, 1.82) is 0 Å². The summed E-state index contributed by atoms with van der Waals surface area (Å²) in [6.07, 6.45) is 0. The van der Waals surface area contributed by atoms with E-state index in [0.717, 1.165) is 21.3 Å². The summed E-state index contributed by atoms with van der Waals surface area (Å²) < 4.78 is 11.4. The van der Waals surface area contributed by atoms with Gasteiger partial charge in [-0.1, -0.05) is 17.3 Å². The monoisotopic (exact) mass is 345 g/mol. The van der Waals surface area contributed by atoms with Crippen molar-refractivity contribution in [1.82, 2.24) is 10.1 Å². The van der Waals surface area contributed by atoms with Gasteiger partial charge in [0.05, 0.1) is 12.7 Å². The zero-order valence-electron chi connectivity index (χ0n) is 11.2. The maximum atomic E-state index is 5.79. The average molecular weight is 346 g/mol. The van der Waals surface area contributed by atoms with Crippen molar-refractivity contribution in [3.63, 3.8) is 0 Å². The molecule has 1 heterocycles. The van der Waals surface area contributed by atoms with Gasteiger partial charge in [-0.3, -0.25) is 0 Å². The number of hydrogen-bond acceptors (Lipinski definition) is 5. The number of aromatic nitrogens is 2. The lowest BCUT2D eigenvalue weighted by molar-refractivity contribution is 0.414. The van der Waals surface area contributed by atoms with Gasteiger partial charge in [-0.2, -0.15) is 4.98 Å². The molecule has 1 aromatic heterocycles. The molecule has 6 heteroatoms. The molecule has 0 saturated heterocycles. The number of nitrogens with zero attached hydrogens (tertiary/aromatic N) is 2. The number of methoxy groups -OCH3 is 1. The topological polar surface area (TPSA) is 74.2 Å². The van der Waals surface area contributed by atoms with Crippen molar-refractivity contribution in [3.05, 3.63) is 46.9 Å². The van der Waals surface area contributed by atoms with Crippen LogP contribution in [0.15, 0.2) is 51.5 Å². The summed E-state index contributed by atoms with van der Waals surface area (Å²) in [4.78, 5) is 4.41. The second-order valence-electron chi connectivity index (χ2n) is 4.39. The first kappa shape index (κ1) is 13.6. The Labute approximate surface area is 129 Å². The Bertz CT molecular complexity index is 786. The SMILES string of the molecule is COc1cccc(-c2noc(-c3cc(N)ccc3Br)n2)c1. The summed E-state index contributed by atoms with van der Waals surface area (Å²) in [7, 11) is 1.62. The minimum Gasteiger partial charge on any atom is -0.497 e. The minimum atomic E-state index is 0.409. The molecule has 0 aliphatic carbocycles. The van der Waals surface area contributed by atoms with E-state index >= 15 is 0 Å². The third-order valence-electron chi connectivity index (χ3n) is 2.97. The lowest BCUT2D eigenvalue weighted by Crippen LogP contribution is -1.87. The average Bonchev–Trinajstić information content (AvgIpc) is 2.99. The number of halogens is 1. The van der Waals surface area contributed by atoms with Crippen molar-refractivity contribution in [2.75, 3.05) is 12.8 Å². The molecule has 0 bridgehead atoms. The van der Waals surface area contributed by atoms with Crippen LogP contribution in [0.25, 0.3) is 22.8 Å². The molecular weight excluding hydrogens is 334 g/mol. The number of ether oxygens (including phenoxy) is 1. The van der Waals surface area contributed by atoms with Gasteiger partial charge in [0.25, 0.3) is 5.89 Å². The molecular formula is C15H12BrN3O2. The summed E-state index contributed by atoms with van der Waals surface area (Å²) >= 11 is 3.45. The van der Waals surface area contributed by atoms with Crippen LogP contribution in [-0.2, 0) is 0 Å². The molecule has 0 spiro atoms. The van der Waals surface area contributed by atoms with Crippen LogP contribution in [0.4, 0.5) is 5.69 Å². The molecule has 3 rings (SSSR count). The molecule has 0 aliphatic rings. The lowest BCUT2D eigenvalue weighted by atomic mass is 10.2. The van der Waals surface area contributed by atoms with E-state index in [-0.39, 0.29) is 0 Å². The molecule has 0 amide bonds. The zero-order valence-corrected chi connectivity index (χ0v) is 12.8. The van der Waals surface area contributed by atoms with Gasteiger partial charge >= 0.3 is 0 Å². The number of anilines is 1. The van der Waals surface area contributed by atoms with Crippen molar-refractivity contribution in [3.8, 4) is 28.6 Å². The Balaban J connectivity index is 2.01. The van der Waals surface area contributed by atoms with E-state index in [2.05, 4.69) is 26.1 Å². The highest BCUT2D eigenvalue weighted by atomic mass is 79.9. The number of rotatable bonds is 3. The predicted molar refractivity (Wildman–Crippen MR) is 83.8 cm³/mol. The zero-order chi connectivity index (χ0) is 14.8. The molecule has 3 aromatic rings. The Hall–Kier alpha value is -2.34. The lowest BCUT2D eigenvalue weighted by Gasteiger charge is -2.00. The second-order valence-corrected chi connectivity index (χ2v) is 5.25. The summed E-state index contributed by atoms with van der Waals surface area (Å²) in [5, 5.41) is 4.01. The van der Waals surface area contributed by atoms with E-state index in [9.17, 15) is 0 Å². The Kier molecular flexibility index (Phi) is 3.62. The molecule has 0 saturated carbocycles. The van der Waals surface area contributed by atoms with Crippen LogP contribution in [0, 0.1) is 0 Å². The van der Waals surface area contributed by atoms with E-state index in [1.54, 1.807) is 19.2 Å². The number of benzene rings is 2. The van der Waals surface area contributed by atoms with E-state index in [4.69, 9.17) is 15.0 Å². The fourth-order valence-electron chi connectivity index (χ4n) is 1.92. The molecule has 5 nitrogen and oxygen atoms in total. The van der Waals surface area contributed by atoms with Gasteiger partial charge < -0.3 is 15.0 Å². The van der Waals surface area contributed by atoms with Gasteiger partial charge in [-0.05, 0) is 46.3 Å². The van der Waals surface area contributed by atoms with Crippen LogP contribution in [0.2, 0.25) is 0 Å². The summed E-state index contributed by atoms with van der Waals surface area (Å²) in [5.41, 5.74) is 8.01. The molecule has 0 unspecified atom stereocenters. The maximum Gasteiger partial charge on any atom is 0.259 e. The number of hydrogen-bond donors (Lipinski definition) is 1. The third kappa shape index (κ3) is 2.75. The highest BCUT2D eigenvalue weighted by Gasteiger charge is 2.14. The van der Waals surface area contributed by atoms with Crippen LogP contribution in [0.5, 0.6) is 5.75 Å². The standard InChI is InChI=1S/C15H12BrN3O2/c1-20-11-4-2-3-9(7-11)14-18-15(21-19-14)12-8-10(17)5-6-13(12)16/h2-8H,17H2,1H3. The highest BCUT2D eigenvalue weighted by Crippen LogP contribution is 2.30. The van der Waals surface area contributed by atoms with Gasteiger partial charge in [0, 0.05) is 15.7 Å². The van der Waals surface area contributed by atoms with E-state index in [1.807, 2.05) is 30.3 Å². The highest BCUT2D eigenvalue weighted by molar-refractivity contribution is 9.10. The second kappa shape index (κ2) is 5.57. The fourth-order valence-corrected chi connectivity index (χ4v) is 2.34. The molecule has 2 N–H and O–H groups in total. The summed E-state index contributed by atoms with van der Waals surface area (Å²) in [6.45, 7) is 0. The van der Waals surface area contributed by atoms with Crippen molar-refractivity contribution >= 4 is 21.6 Å². The van der Waals surface area contributed by atoms with E-state index in [0.29, 0.717) is 17.4 Å². The van der Waals surface area contributed by atoms with Crippen LogP contribution < -0.4 is 10.5 Å². The quantitative estimate of drug-likeness (QED) is 0.731. The Morgan fingerprint density at radius 2 is 2.05 bits per heavy atom. The predicted octanol–water partition coefficient (Wildman–Crippen LogP) is 3.76. The molecule has 0 aliphatic heterocycles. The first-order valence-electron chi connectivity index (χ1n) is 6.21. The maximum absolute atomic E-state index is 5.79. The number of nitrogens with two attached hydrogens (primary N) is 1. The normalized spacial score (nSPS) is 10.6.